The molecular formula is C63H114O6. The molecule has 0 N–H and O–H groups in total. The highest BCUT2D eigenvalue weighted by atomic mass is 16.6. The van der Waals surface area contributed by atoms with Crippen molar-refractivity contribution in [3.63, 3.8) is 0 Å². The fraction of sp³-hybridized carbons (Fsp3) is 0.825. The van der Waals surface area contributed by atoms with Gasteiger partial charge in [0, 0.05) is 19.3 Å². The summed E-state index contributed by atoms with van der Waals surface area (Å²) in [6, 6.07) is 0. The first-order valence-corrected chi connectivity index (χ1v) is 30.1. The maximum atomic E-state index is 12.9. The third kappa shape index (κ3) is 56.2. The average molecular weight is 968 g/mol. The van der Waals surface area contributed by atoms with Crippen LogP contribution in [0.4, 0.5) is 0 Å². The summed E-state index contributed by atoms with van der Waals surface area (Å²) in [7, 11) is 0. The van der Waals surface area contributed by atoms with Crippen LogP contribution in [-0.2, 0) is 28.6 Å². The van der Waals surface area contributed by atoms with Gasteiger partial charge in [-0.15, -0.1) is 0 Å². The molecule has 0 bridgehead atoms. The highest BCUT2D eigenvalue weighted by Gasteiger charge is 2.19. The first-order chi connectivity index (χ1) is 34.0. The summed E-state index contributed by atoms with van der Waals surface area (Å²) in [6.07, 6.45) is 71.1. The lowest BCUT2D eigenvalue weighted by atomic mass is 10.0. The molecule has 0 fully saturated rings. The van der Waals surface area contributed by atoms with Crippen LogP contribution < -0.4 is 0 Å². The molecule has 0 rings (SSSR count). The van der Waals surface area contributed by atoms with E-state index in [1.807, 2.05) is 0 Å². The minimum absolute atomic E-state index is 0.0888. The Morgan fingerprint density at radius 2 is 0.536 bits per heavy atom. The van der Waals surface area contributed by atoms with E-state index in [-0.39, 0.29) is 31.1 Å². The number of unbranched alkanes of at least 4 members (excludes halogenated alkanes) is 36. The number of rotatable bonds is 55. The summed E-state index contributed by atoms with van der Waals surface area (Å²) >= 11 is 0. The second-order valence-electron chi connectivity index (χ2n) is 20.3. The van der Waals surface area contributed by atoms with Gasteiger partial charge in [-0.3, -0.25) is 14.4 Å². The van der Waals surface area contributed by atoms with Crippen molar-refractivity contribution in [2.75, 3.05) is 13.2 Å². The van der Waals surface area contributed by atoms with Gasteiger partial charge in [-0.25, -0.2) is 0 Å². The highest BCUT2D eigenvalue weighted by Crippen LogP contribution is 2.16. The van der Waals surface area contributed by atoms with Crippen molar-refractivity contribution in [1.82, 2.24) is 0 Å². The Kier molecular flexibility index (Phi) is 55.7. The maximum Gasteiger partial charge on any atom is 0.306 e. The Balaban J connectivity index is 4.40. The molecule has 0 heterocycles. The van der Waals surface area contributed by atoms with Crippen LogP contribution in [0.5, 0.6) is 0 Å². The smallest absolute Gasteiger partial charge is 0.306 e. The summed E-state index contributed by atoms with van der Waals surface area (Å²) in [5.74, 6) is -0.935. The SMILES string of the molecule is CCCCCCCC/C=C\C/C=C\C/C=C\CCCC(=O)OC[C@H](COC(=O)CCCCCCCCCCCCCCCCCCCCC)OC(=O)CCCCCCC/C=C\CCCCCCCC. The highest BCUT2D eigenvalue weighted by molar-refractivity contribution is 5.71. The van der Waals surface area contributed by atoms with Crippen LogP contribution in [0.3, 0.4) is 0 Å². The lowest BCUT2D eigenvalue weighted by Crippen LogP contribution is -2.30. The van der Waals surface area contributed by atoms with Crippen LogP contribution in [0, 0.1) is 0 Å². The summed E-state index contributed by atoms with van der Waals surface area (Å²) in [4.78, 5) is 38.2. The molecule has 0 aromatic carbocycles. The van der Waals surface area contributed by atoms with Gasteiger partial charge in [-0.1, -0.05) is 268 Å². The first kappa shape index (κ1) is 66.4. The molecule has 0 unspecified atom stereocenters. The molecule has 0 spiro atoms. The van der Waals surface area contributed by atoms with Crippen molar-refractivity contribution in [2.45, 2.75) is 322 Å². The van der Waals surface area contributed by atoms with E-state index in [4.69, 9.17) is 14.2 Å². The van der Waals surface area contributed by atoms with Crippen molar-refractivity contribution in [3.05, 3.63) is 48.6 Å². The van der Waals surface area contributed by atoms with E-state index in [1.165, 1.54) is 199 Å². The molecule has 0 radical (unpaired) electrons. The van der Waals surface area contributed by atoms with Gasteiger partial charge in [0.15, 0.2) is 6.10 Å². The molecule has 69 heavy (non-hydrogen) atoms. The molecule has 0 amide bonds. The van der Waals surface area contributed by atoms with Crippen molar-refractivity contribution in [3.8, 4) is 0 Å². The molecule has 0 saturated carbocycles. The predicted molar refractivity (Wildman–Crippen MR) is 298 cm³/mol. The van der Waals surface area contributed by atoms with Crippen LogP contribution in [0.15, 0.2) is 48.6 Å². The average Bonchev–Trinajstić information content (AvgIpc) is 3.35. The van der Waals surface area contributed by atoms with E-state index in [1.54, 1.807) is 0 Å². The van der Waals surface area contributed by atoms with Crippen molar-refractivity contribution < 1.29 is 28.6 Å². The molecule has 0 aliphatic rings. The zero-order valence-electron chi connectivity index (χ0n) is 46.1. The second kappa shape index (κ2) is 57.9. The number of carbonyl (C=O) groups excluding carboxylic acids is 3. The number of hydrogen-bond acceptors (Lipinski definition) is 6. The Bertz CT molecular complexity index is 1200. The van der Waals surface area contributed by atoms with Crippen LogP contribution in [-0.4, -0.2) is 37.2 Å². The van der Waals surface area contributed by atoms with Crippen LogP contribution >= 0.6 is 0 Å². The molecule has 0 saturated heterocycles. The first-order valence-electron chi connectivity index (χ1n) is 30.1. The number of allylic oxidation sites excluding steroid dienone is 8. The minimum atomic E-state index is -0.796. The van der Waals surface area contributed by atoms with Gasteiger partial charge in [-0.2, -0.15) is 0 Å². The van der Waals surface area contributed by atoms with E-state index >= 15 is 0 Å². The normalized spacial score (nSPS) is 12.3. The Morgan fingerprint density at radius 3 is 0.884 bits per heavy atom. The summed E-state index contributed by atoms with van der Waals surface area (Å²) in [6.45, 7) is 6.62. The van der Waals surface area contributed by atoms with E-state index < -0.39 is 6.10 Å². The van der Waals surface area contributed by atoms with Gasteiger partial charge < -0.3 is 14.2 Å². The predicted octanol–water partition coefficient (Wildman–Crippen LogP) is 20.2. The van der Waals surface area contributed by atoms with Gasteiger partial charge in [-0.05, 0) is 77.0 Å². The molecule has 402 valence electrons. The minimum Gasteiger partial charge on any atom is -0.462 e. The zero-order chi connectivity index (χ0) is 50.0. The van der Waals surface area contributed by atoms with Crippen molar-refractivity contribution >= 4 is 17.9 Å². The van der Waals surface area contributed by atoms with Gasteiger partial charge in [0.05, 0.1) is 0 Å². The molecule has 6 nitrogen and oxygen atoms in total. The van der Waals surface area contributed by atoms with E-state index in [9.17, 15) is 14.4 Å². The number of esters is 3. The van der Waals surface area contributed by atoms with Gasteiger partial charge in [0.1, 0.15) is 13.2 Å². The quantitative estimate of drug-likeness (QED) is 0.0262. The largest absolute Gasteiger partial charge is 0.462 e. The molecule has 0 aliphatic heterocycles. The maximum absolute atomic E-state index is 12.9. The fourth-order valence-electron chi connectivity index (χ4n) is 8.75. The van der Waals surface area contributed by atoms with Crippen molar-refractivity contribution in [2.24, 2.45) is 0 Å². The molecule has 1 atom stereocenters. The Labute approximate surface area is 428 Å². The lowest BCUT2D eigenvalue weighted by molar-refractivity contribution is -0.167. The topological polar surface area (TPSA) is 78.9 Å². The molecule has 0 aliphatic carbocycles. The van der Waals surface area contributed by atoms with Gasteiger partial charge in [0.2, 0.25) is 0 Å². The third-order valence-corrected chi connectivity index (χ3v) is 13.3. The Hall–Kier alpha value is -2.63. The third-order valence-electron chi connectivity index (χ3n) is 13.3. The van der Waals surface area contributed by atoms with Gasteiger partial charge >= 0.3 is 17.9 Å². The monoisotopic (exact) mass is 967 g/mol. The number of hydrogen-bond donors (Lipinski definition) is 0. The van der Waals surface area contributed by atoms with Crippen LogP contribution in [0.25, 0.3) is 0 Å². The number of carbonyl (C=O) groups is 3. The van der Waals surface area contributed by atoms with Crippen molar-refractivity contribution in [1.29, 1.82) is 0 Å². The van der Waals surface area contributed by atoms with Gasteiger partial charge in [0.25, 0.3) is 0 Å². The fourth-order valence-corrected chi connectivity index (χ4v) is 8.75. The Morgan fingerprint density at radius 1 is 0.290 bits per heavy atom. The van der Waals surface area contributed by atoms with Crippen LogP contribution in [0.2, 0.25) is 0 Å². The summed E-state index contributed by atoms with van der Waals surface area (Å²) in [5.41, 5.74) is 0. The molecular weight excluding hydrogens is 853 g/mol. The molecule has 0 aromatic rings. The summed E-state index contributed by atoms with van der Waals surface area (Å²) in [5, 5.41) is 0. The second-order valence-corrected chi connectivity index (χ2v) is 20.3. The summed E-state index contributed by atoms with van der Waals surface area (Å²) < 4.78 is 16.8. The van der Waals surface area contributed by atoms with E-state index in [0.717, 1.165) is 70.6 Å². The van der Waals surface area contributed by atoms with E-state index in [0.29, 0.717) is 25.7 Å². The standard InChI is InChI=1S/C63H114O6/c1-4-7-10-13-16-19-22-25-28-30-31-33-36-38-41-44-47-50-53-56-62(65)68-59-60(69-63(66)57-54-51-48-45-42-39-34-27-24-21-18-15-12-9-6-3)58-67-61(64)55-52-49-46-43-40-37-35-32-29-26-23-20-17-14-11-8-5-2/h26-27,29,34-35,37,43,46,60H,4-25,28,30-33,36,38-42,44-45,47-59H2,1-3H3/b29-26-,34-27-,37-35-,46-43-/t60-/m1/s1. The van der Waals surface area contributed by atoms with E-state index in [2.05, 4.69) is 69.4 Å². The van der Waals surface area contributed by atoms with Crippen LogP contribution in [0.1, 0.15) is 316 Å². The zero-order valence-corrected chi connectivity index (χ0v) is 46.1. The lowest BCUT2D eigenvalue weighted by Gasteiger charge is -2.18. The number of ether oxygens (including phenoxy) is 3. The molecule has 6 heteroatoms. The molecule has 0 aromatic heterocycles.